The lowest BCUT2D eigenvalue weighted by molar-refractivity contribution is -0.384. The van der Waals surface area contributed by atoms with Gasteiger partial charge in [-0.15, -0.1) is 0 Å². The van der Waals surface area contributed by atoms with Gasteiger partial charge in [0, 0.05) is 18.6 Å². The maximum absolute atomic E-state index is 12.1. The van der Waals surface area contributed by atoms with Crippen molar-refractivity contribution in [1.29, 1.82) is 0 Å². The van der Waals surface area contributed by atoms with Crippen molar-refractivity contribution in [2.45, 2.75) is 25.7 Å². The summed E-state index contributed by atoms with van der Waals surface area (Å²) in [5.41, 5.74) is -0.417. The van der Waals surface area contributed by atoms with Crippen molar-refractivity contribution in [1.82, 2.24) is 0 Å². The van der Waals surface area contributed by atoms with Crippen molar-refractivity contribution < 1.29 is 19.2 Å². The second-order valence-electron chi connectivity index (χ2n) is 4.95. The third-order valence-electron chi connectivity index (χ3n) is 3.77. The van der Waals surface area contributed by atoms with Crippen LogP contribution in [0.2, 0.25) is 0 Å². The van der Waals surface area contributed by atoms with Crippen LogP contribution in [-0.4, -0.2) is 23.8 Å². The maximum atomic E-state index is 12.1. The Morgan fingerprint density at radius 3 is 2.50 bits per heavy atom. The summed E-state index contributed by atoms with van der Waals surface area (Å²) < 4.78 is 4.77. The Kier molecular flexibility index (Phi) is 3.83. The zero-order valence-corrected chi connectivity index (χ0v) is 11.1. The number of nitrogens with zero attached hydrogens (tertiary/aromatic N) is 1. The molecule has 0 saturated heterocycles. The molecule has 1 aromatic carbocycles. The monoisotopic (exact) mass is 277 g/mol. The lowest BCUT2D eigenvalue weighted by Gasteiger charge is -2.24. The summed E-state index contributed by atoms with van der Waals surface area (Å²) in [4.78, 5) is 34.2. The van der Waals surface area contributed by atoms with Crippen LogP contribution in [0.1, 0.15) is 24.8 Å². The molecule has 2 rings (SSSR count). The van der Waals surface area contributed by atoms with Crippen molar-refractivity contribution in [2.75, 3.05) is 7.11 Å². The first-order valence-corrected chi connectivity index (χ1v) is 6.34. The number of hydrogen-bond donors (Lipinski definition) is 0. The molecule has 1 atom stereocenters. The molecule has 6 heteroatoms. The van der Waals surface area contributed by atoms with Crippen molar-refractivity contribution in [3.05, 3.63) is 39.9 Å². The minimum Gasteiger partial charge on any atom is -0.468 e. The molecule has 1 unspecified atom stereocenters. The molecule has 6 nitrogen and oxygen atoms in total. The fourth-order valence-corrected chi connectivity index (χ4v) is 2.68. The summed E-state index contributed by atoms with van der Waals surface area (Å²) in [6.45, 7) is 0. The van der Waals surface area contributed by atoms with E-state index in [1.807, 2.05) is 0 Å². The van der Waals surface area contributed by atoms with Gasteiger partial charge < -0.3 is 4.74 Å². The molecular weight excluding hydrogens is 262 g/mol. The van der Waals surface area contributed by atoms with Gasteiger partial charge >= 0.3 is 5.97 Å². The van der Waals surface area contributed by atoms with E-state index in [2.05, 4.69) is 0 Å². The van der Waals surface area contributed by atoms with Crippen LogP contribution in [0, 0.1) is 15.5 Å². The largest absolute Gasteiger partial charge is 0.468 e. The van der Waals surface area contributed by atoms with Gasteiger partial charge in [0.15, 0.2) is 5.78 Å². The summed E-state index contributed by atoms with van der Waals surface area (Å²) in [6.07, 6.45) is 1.75. The van der Waals surface area contributed by atoms with E-state index in [-0.39, 0.29) is 17.9 Å². The number of carbonyl (C=O) groups excluding carboxylic acids is 2. The second-order valence-corrected chi connectivity index (χ2v) is 4.95. The fourth-order valence-electron chi connectivity index (χ4n) is 2.68. The summed E-state index contributed by atoms with van der Waals surface area (Å²) in [5, 5.41) is 10.6. The molecule has 0 N–H and O–H groups in total. The molecule has 1 aliphatic rings. The van der Waals surface area contributed by atoms with E-state index in [9.17, 15) is 19.7 Å². The van der Waals surface area contributed by atoms with Gasteiger partial charge in [0.05, 0.1) is 12.0 Å². The van der Waals surface area contributed by atoms with Gasteiger partial charge in [0.25, 0.3) is 5.69 Å². The van der Waals surface area contributed by atoms with Gasteiger partial charge in [-0.1, -0.05) is 12.1 Å². The van der Waals surface area contributed by atoms with Crippen LogP contribution in [0.3, 0.4) is 0 Å². The van der Waals surface area contributed by atoms with Crippen LogP contribution in [0.25, 0.3) is 0 Å². The number of carbonyl (C=O) groups is 2. The molecule has 1 aliphatic carbocycles. The Morgan fingerprint density at radius 1 is 1.40 bits per heavy atom. The Bertz CT molecular complexity index is 551. The molecule has 0 amide bonds. The molecule has 0 radical (unpaired) electrons. The highest BCUT2D eigenvalue weighted by molar-refractivity contribution is 6.05. The van der Waals surface area contributed by atoms with Gasteiger partial charge in [-0.25, -0.2) is 0 Å². The van der Waals surface area contributed by atoms with E-state index in [1.165, 1.54) is 19.2 Å². The lowest BCUT2D eigenvalue weighted by atomic mass is 9.79. The number of Topliss-reactive ketones (excluding diaryl/α,β-unsaturated/α-hetero) is 1. The molecule has 1 aromatic rings. The quantitative estimate of drug-likeness (QED) is 0.364. The zero-order chi connectivity index (χ0) is 14.8. The Hall–Kier alpha value is -2.24. The predicted molar refractivity (Wildman–Crippen MR) is 70.1 cm³/mol. The minimum atomic E-state index is -1.12. The lowest BCUT2D eigenvalue weighted by Crippen LogP contribution is -2.38. The molecule has 0 bridgehead atoms. The van der Waals surface area contributed by atoms with E-state index in [0.29, 0.717) is 19.3 Å². The molecule has 1 saturated carbocycles. The van der Waals surface area contributed by atoms with E-state index >= 15 is 0 Å². The number of benzene rings is 1. The van der Waals surface area contributed by atoms with Crippen LogP contribution in [0.5, 0.6) is 0 Å². The summed E-state index contributed by atoms with van der Waals surface area (Å²) in [5.74, 6) is -0.624. The van der Waals surface area contributed by atoms with Gasteiger partial charge in [-0.2, -0.15) is 0 Å². The molecule has 0 aliphatic heterocycles. The topological polar surface area (TPSA) is 86.5 Å². The van der Waals surface area contributed by atoms with Crippen molar-refractivity contribution in [3.63, 3.8) is 0 Å². The number of non-ortho nitro benzene ring substituents is 1. The molecule has 0 heterocycles. The second kappa shape index (κ2) is 5.40. The number of ether oxygens (including phenoxy) is 1. The predicted octanol–water partition coefficient (Wildman–Crippen LogP) is 2.05. The van der Waals surface area contributed by atoms with Crippen LogP contribution in [0.4, 0.5) is 5.69 Å². The average molecular weight is 277 g/mol. The Labute approximate surface area is 115 Å². The third-order valence-corrected chi connectivity index (χ3v) is 3.77. The van der Waals surface area contributed by atoms with Gasteiger partial charge in [-0.3, -0.25) is 19.7 Å². The van der Waals surface area contributed by atoms with Gasteiger partial charge in [-0.05, 0) is 24.8 Å². The standard InChI is InChI=1S/C14H15NO5/c1-20-13(17)14(8-2-3-12(14)16)9-10-4-6-11(7-5-10)15(18)19/h4-7H,2-3,8-9H2,1H3. The molecule has 20 heavy (non-hydrogen) atoms. The molecular formula is C14H15NO5. The number of hydrogen-bond acceptors (Lipinski definition) is 5. The highest BCUT2D eigenvalue weighted by Crippen LogP contribution is 2.39. The van der Waals surface area contributed by atoms with Crippen LogP contribution in [-0.2, 0) is 20.7 Å². The molecule has 0 aromatic heterocycles. The molecule has 106 valence electrons. The van der Waals surface area contributed by atoms with E-state index in [4.69, 9.17) is 4.74 Å². The van der Waals surface area contributed by atoms with E-state index < -0.39 is 16.3 Å². The summed E-state index contributed by atoms with van der Waals surface area (Å²) in [7, 11) is 1.27. The summed E-state index contributed by atoms with van der Waals surface area (Å²) >= 11 is 0. The SMILES string of the molecule is COC(=O)C1(Cc2ccc([N+](=O)[O-])cc2)CCCC1=O. The maximum Gasteiger partial charge on any atom is 0.319 e. The minimum absolute atomic E-state index is 0.0152. The van der Waals surface area contributed by atoms with Crippen molar-refractivity contribution >= 4 is 17.4 Å². The normalized spacial score (nSPS) is 21.8. The number of nitro groups is 1. The first-order chi connectivity index (χ1) is 9.49. The molecule has 1 fully saturated rings. The average Bonchev–Trinajstić information content (AvgIpc) is 2.81. The number of nitro benzene ring substituents is 1. The smallest absolute Gasteiger partial charge is 0.319 e. The first-order valence-electron chi connectivity index (χ1n) is 6.34. The van der Waals surface area contributed by atoms with E-state index in [1.54, 1.807) is 12.1 Å². The number of rotatable bonds is 4. The van der Waals surface area contributed by atoms with Crippen LogP contribution >= 0.6 is 0 Å². The van der Waals surface area contributed by atoms with Gasteiger partial charge in [0.1, 0.15) is 5.41 Å². The first kappa shape index (κ1) is 14.2. The van der Waals surface area contributed by atoms with Crippen molar-refractivity contribution in [2.24, 2.45) is 5.41 Å². The Morgan fingerprint density at radius 2 is 2.05 bits per heavy atom. The van der Waals surface area contributed by atoms with Crippen molar-refractivity contribution in [3.8, 4) is 0 Å². The highest BCUT2D eigenvalue weighted by Gasteiger charge is 2.49. The number of esters is 1. The fraction of sp³-hybridized carbons (Fsp3) is 0.429. The van der Waals surface area contributed by atoms with Gasteiger partial charge in [0.2, 0.25) is 0 Å². The third kappa shape index (κ3) is 2.41. The van der Waals surface area contributed by atoms with Crippen LogP contribution < -0.4 is 0 Å². The Balaban J connectivity index is 2.27. The zero-order valence-electron chi connectivity index (χ0n) is 11.1. The number of methoxy groups -OCH3 is 1. The molecule has 0 spiro atoms. The van der Waals surface area contributed by atoms with Crippen LogP contribution in [0.15, 0.2) is 24.3 Å². The summed E-state index contributed by atoms with van der Waals surface area (Å²) in [6, 6.07) is 5.91. The van der Waals surface area contributed by atoms with E-state index in [0.717, 1.165) is 5.56 Å². The number of ketones is 1. The highest BCUT2D eigenvalue weighted by atomic mass is 16.6.